The molecule has 0 unspecified atom stereocenters. The molecule has 0 aliphatic carbocycles. The van der Waals surface area contributed by atoms with E-state index in [9.17, 15) is 17.6 Å². The van der Waals surface area contributed by atoms with Crippen LogP contribution in [-0.2, 0) is 16.3 Å². The lowest BCUT2D eigenvalue weighted by Gasteiger charge is -2.29. The Morgan fingerprint density at radius 1 is 1.27 bits per heavy atom. The fraction of sp³-hybridized carbons (Fsp3) is 0.278. The van der Waals surface area contributed by atoms with Crippen LogP contribution in [0.25, 0.3) is 0 Å². The largest absolute Gasteiger partial charge is 0.488 e. The molecule has 0 radical (unpaired) electrons. The highest BCUT2D eigenvalue weighted by Crippen LogP contribution is 2.32. The van der Waals surface area contributed by atoms with Gasteiger partial charge >= 0.3 is 6.03 Å². The molecule has 0 aromatic heterocycles. The summed E-state index contributed by atoms with van der Waals surface area (Å²) in [6, 6.07) is 8.98. The van der Waals surface area contributed by atoms with Crippen LogP contribution in [0.15, 0.2) is 52.3 Å². The first kappa shape index (κ1) is 18.2. The molecule has 2 aromatic rings. The molecule has 1 aliphatic heterocycles. The molecule has 0 fully saturated rings. The number of halogens is 1. The summed E-state index contributed by atoms with van der Waals surface area (Å²) in [6.07, 6.45) is 1.13. The van der Waals surface area contributed by atoms with Gasteiger partial charge in [0.25, 0.3) is 0 Å². The molecule has 3 rings (SSSR count). The van der Waals surface area contributed by atoms with E-state index >= 15 is 0 Å². The molecule has 6 nitrogen and oxygen atoms in total. The number of amides is 2. The molecule has 0 saturated carbocycles. The van der Waals surface area contributed by atoms with Crippen LogP contribution in [0.1, 0.15) is 12.0 Å². The number of nitrogens with zero attached hydrogens (tertiary/aromatic N) is 1. The van der Waals surface area contributed by atoms with Crippen molar-refractivity contribution in [3.05, 3.63) is 53.8 Å². The summed E-state index contributed by atoms with van der Waals surface area (Å²) in [5, 5.41) is 0. The maximum atomic E-state index is 13.4. The molecular formula is C18H19FN2O4S. The van der Waals surface area contributed by atoms with Crippen LogP contribution in [0.3, 0.4) is 0 Å². The Kier molecular flexibility index (Phi) is 4.86. The number of nitrogens with two attached hydrogens (primary N) is 1. The van der Waals surface area contributed by atoms with E-state index in [0.29, 0.717) is 25.1 Å². The summed E-state index contributed by atoms with van der Waals surface area (Å²) in [5.41, 5.74) is 6.12. The van der Waals surface area contributed by atoms with Crippen molar-refractivity contribution in [2.45, 2.75) is 28.7 Å². The summed E-state index contributed by atoms with van der Waals surface area (Å²) in [6.45, 7) is 0.315. The van der Waals surface area contributed by atoms with Gasteiger partial charge in [-0.2, -0.15) is 0 Å². The van der Waals surface area contributed by atoms with Crippen molar-refractivity contribution in [3.8, 4) is 5.75 Å². The monoisotopic (exact) mass is 378 g/mol. The average molecular weight is 378 g/mol. The van der Waals surface area contributed by atoms with E-state index in [1.165, 1.54) is 35.2 Å². The normalized spacial score (nSPS) is 16.5. The van der Waals surface area contributed by atoms with E-state index in [1.807, 2.05) is 0 Å². The van der Waals surface area contributed by atoms with E-state index in [-0.39, 0.29) is 15.9 Å². The minimum Gasteiger partial charge on any atom is -0.488 e. The molecular weight excluding hydrogens is 359 g/mol. The van der Waals surface area contributed by atoms with Gasteiger partial charge in [-0.25, -0.2) is 17.6 Å². The number of urea groups is 1. The topological polar surface area (TPSA) is 89.7 Å². The molecule has 26 heavy (non-hydrogen) atoms. The quantitative estimate of drug-likeness (QED) is 0.884. The van der Waals surface area contributed by atoms with Crippen molar-refractivity contribution in [1.29, 1.82) is 0 Å². The van der Waals surface area contributed by atoms with Gasteiger partial charge in [-0.05, 0) is 48.7 Å². The standard InChI is InChI=1S/C18H19FN2O4S/c1-21(18(20)22)11-14-7-5-12-6-8-16(10-17(12)25-14)26(23,24)15-4-2-3-13(19)9-15/h2-4,6,8-10,14H,5,7,11H2,1H3,(H2,20,22)/t14-/m1/s1. The van der Waals surface area contributed by atoms with Gasteiger partial charge in [-0.1, -0.05) is 12.1 Å². The van der Waals surface area contributed by atoms with Crippen LogP contribution in [0, 0.1) is 5.82 Å². The average Bonchev–Trinajstić information content (AvgIpc) is 2.61. The number of aryl methyl sites for hydroxylation is 1. The predicted octanol–water partition coefficient (Wildman–Crippen LogP) is 2.36. The Bertz CT molecular complexity index is 946. The Labute approximate surface area is 151 Å². The Morgan fingerprint density at radius 2 is 2.00 bits per heavy atom. The lowest BCUT2D eigenvalue weighted by atomic mass is 10.0. The van der Waals surface area contributed by atoms with Gasteiger partial charge in [0, 0.05) is 7.05 Å². The van der Waals surface area contributed by atoms with Crippen LogP contribution >= 0.6 is 0 Å². The number of fused-ring (bicyclic) bond motifs is 1. The zero-order valence-electron chi connectivity index (χ0n) is 14.2. The zero-order chi connectivity index (χ0) is 18.9. The number of primary amides is 1. The molecule has 0 saturated heterocycles. The highest BCUT2D eigenvalue weighted by molar-refractivity contribution is 7.91. The summed E-state index contributed by atoms with van der Waals surface area (Å²) >= 11 is 0. The SMILES string of the molecule is CN(C[C@H]1CCc2ccc(S(=O)(=O)c3cccc(F)c3)cc2O1)C(N)=O. The lowest BCUT2D eigenvalue weighted by Crippen LogP contribution is -2.41. The van der Waals surface area contributed by atoms with Crippen molar-refractivity contribution in [3.63, 3.8) is 0 Å². The van der Waals surface area contributed by atoms with Gasteiger partial charge in [0.2, 0.25) is 9.84 Å². The second-order valence-corrected chi connectivity index (χ2v) is 8.18. The number of sulfone groups is 1. The fourth-order valence-electron chi connectivity index (χ4n) is 2.87. The first-order valence-corrected chi connectivity index (χ1v) is 9.56. The maximum absolute atomic E-state index is 13.4. The van der Waals surface area contributed by atoms with E-state index in [0.717, 1.165) is 11.6 Å². The van der Waals surface area contributed by atoms with Crippen molar-refractivity contribution in [2.24, 2.45) is 5.73 Å². The van der Waals surface area contributed by atoms with E-state index in [1.54, 1.807) is 13.1 Å². The molecule has 138 valence electrons. The summed E-state index contributed by atoms with van der Waals surface area (Å²) in [7, 11) is -2.28. The fourth-order valence-corrected chi connectivity index (χ4v) is 4.17. The smallest absolute Gasteiger partial charge is 0.314 e. The molecule has 2 aromatic carbocycles. The van der Waals surface area contributed by atoms with Gasteiger partial charge in [0.15, 0.2) is 0 Å². The second kappa shape index (κ2) is 6.95. The number of rotatable bonds is 4. The molecule has 0 spiro atoms. The Balaban J connectivity index is 1.88. The Hall–Kier alpha value is -2.61. The Morgan fingerprint density at radius 3 is 2.69 bits per heavy atom. The van der Waals surface area contributed by atoms with Crippen molar-refractivity contribution >= 4 is 15.9 Å². The summed E-state index contributed by atoms with van der Waals surface area (Å²) < 4.78 is 44.7. The number of ether oxygens (including phenoxy) is 1. The van der Waals surface area contributed by atoms with Crippen molar-refractivity contribution in [2.75, 3.05) is 13.6 Å². The van der Waals surface area contributed by atoms with Crippen LogP contribution in [0.5, 0.6) is 5.75 Å². The summed E-state index contributed by atoms with van der Waals surface area (Å²) in [5.74, 6) is -0.161. The van der Waals surface area contributed by atoms with E-state index in [2.05, 4.69) is 0 Å². The third-order valence-electron chi connectivity index (χ3n) is 4.34. The molecule has 1 aliphatic rings. The minimum atomic E-state index is -3.85. The van der Waals surface area contributed by atoms with E-state index in [4.69, 9.17) is 10.5 Å². The zero-order valence-corrected chi connectivity index (χ0v) is 15.0. The molecule has 1 heterocycles. The number of benzene rings is 2. The van der Waals surface area contributed by atoms with Crippen LogP contribution < -0.4 is 10.5 Å². The molecule has 0 bridgehead atoms. The van der Waals surface area contributed by atoms with Gasteiger partial charge < -0.3 is 15.4 Å². The molecule has 2 N–H and O–H groups in total. The molecule has 2 amide bonds. The minimum absolute atomic E-state index is 0.0331. The third kappa shape index (κ3) is 3.65. The number of likely N-dealkylation sites (N-methyl/N-ethyl adjacent to an activating group) is 1. The second-order valence-electron chi connectivity index (χ2n) is 6.23. The number of carbonyl (C=O) groups is 1. The van der Waals surface area contributed by atoms with Gasteiger partial charge in [-0.15, -0.1) is 0 Å². The summed E-state index contributed by atoms with van der Waals surface area (Å²) in [4.78, 5) is 12.4. The first-order valence-electron chi connectivity index (χ1n) is 8.08. The number of carbonyl (C=O) groups excluding carboxylic acids is 1. The number of hydrogen-bond donors (Lipinski definition) is 1. The van der Waals surface area contributed by atoms with Crippen molar-refractivity contribution < 1.29 is 22.3 Å². The highest BCUT2D eigenvalue weighted by Gasteiger charge is 2.25. The molecule has 1 atom stereocenters. The molecule has 8 heteroatoms. The van der Waals surface area contributed by atoms with Crippen LogP contribution in [-0.4, -0.2) is 39.0 Å². The highest BCUT2D eigenvalue weighted by atomic mass is 32.2. The van der Waals surface area contributed by atoms with Crippen molar-refractivity contribution in [1.82, 2.24) is 4.90 Å². The lowest BCUT2D eigenvalue weighted by molar-refractivity contribution is 0.134. The predicted molar refractivity (Wildman–Crippen MR) is 93.2 cm³/mol. The maximum Gasteiger partial charge on any atom is 0.314 e. The van der Waals surface area contributed by atoms with E-state index < -0.39 is 21.7 Å². The van der Waals surface area contributed by atoms with Crippen LogP contribution in [0.4, 0.5) is 9.18 Å². The van der Waals surface area contributed by atoms with Gasteiger partial charge in [-0.3, -0.25) is 0 Å². The van der Waals surface area contributed by atoms with Gasteiger partial charge in [0.05, 0.1) is 16.3 Å². The third-order valence-corrected chi connectivity index (χ3v) is 6.09. The first-order chi connectivity index (χ1) is 12.3. The van der Waals surface area contributed by atoms with Crippen LogP contribution in [0.2, 0.25) is 0 Å². The van der Waals surface area contributed by atoms with Gasteiger partial charge in [0.1, 0.15) is 17.7 Å². The number of hydrogen-bond acceptors (Lipinski definition) is 4.